The molecule has 1 aliphatic rings. The van der Waals surface area contributed by atoms with Gasteiger partial charge in [0.25, 0.3) is 5.91 Å². The normalized spacial score (nSPS) is 17.1. The van der Waals surface area contributed by atoms with Gasteiger partial charge in [-0.05, 0) is 47.5 Å². The number of sulfonamides is 1. The van der Waals surface area contributed by atoms with Crippen molar-refractivity contribution >= 4 is 21.6 Å². The quantitative estimate of drug-likeness (QED) is 0.616. The summed E-state index contributed by atoms with van der Waals surface area (Å²) in [5, 5.41) is 5.92. The van der Waals surface area contributed by atoms with Crippen molar-refractivity contribution in [3.8, 4) is 0 Å². The molecule has 0 spiro atoms. The molecule has 1 unspecified atom stereocenters. The first-order valence-electron chi connectivity index (χ1n) is 8.93. The van der Waals surface area contributed by atoms with Gasteiger partial charge in [0.05, 0.1) is 5.69 Å². The predicted molar refractivity (Wildman–Crippen MR) is 107 cm³/mol. The average molecular weight is 411 g/mol. The van der Waals surface area contributed by atoms with Gasteiger partial charge in [-0.25, -0.2) is 12.8 Å². The van der Waals surface area contributed by atoms with Crippen molar-refractivity contribution in [1.82, 2.24) is 10.0 Å². The smallest absolute Gasteiger partial charge is 0.251 e. The maximum absolute atomic E-state index is 12.9. The van der Waals surface area contributed by atoms with Crippen LogP contribution in [-0.4, -0.2) is 14.3 Å². The largest absolute Gasteiger partial charge is 0.364 e. The lowest BCUT2D eigenvalue weighted by Gasteiger charge is -2.28. The van der Waals surface area contributed by atoms with Gasteiger partial charge in [-0.1, -0.05) is 36.4 Å². The first-order chi connectivity index (χ1) is 13.9. The zero-order valence-corrected chi connectivity index (χ0v) is 16.0. The fourth-order valence-corrected chi connectivity index (χ4v) is 4.40. The predicted octanol–water partition coefficient (Wildman–Crippen LogP) is 3.16. The Bertz CT molecular complexity index is 1150. The minimum atomic E-state index is -3.63. The van der Waals surface area contributed by atoms with Crippen LogP contribution < -0.4 is 15.4 Å². The Labute approximate surface area is 167 Å². The van der Waals surface area contributed by atoms with Crippen LogP contribution in [0, 0.1) is 5.82 Å². The summed E-state index contributed by atoms with van der Waals surface area (Å²) < 4.78 is 40.4. The molecule has 1 aliphatic heterocycles. The summed E-state index contributed by atoms with van der Waals surface area (Å²) in [6, 6.07) is 19.2. The van der Waals surface area contributed by atoms with Gasteiger partial charge in [0.2, 0.25) is 10.0 Å². The molecule has 148 valence electrons. The van der Waals surface area contributed by atoms with E-state index in [2.05, 4.69) is 15.4 Å². The van der Waals surface area contributed by atoms with Crippen molar-refractivity contribution in [1.29, 1.82) is 0 Å². The lowest BCUT2D eigenvalue weighted by atomic mass is 10.1. The van der Waals surface area contributed by atoms with Crippen molar-refractivity contribution in [2.75, 3.05) is 5.32 Å². The van der Waals surface area contributed by atoms with Crippen molar-refractivity contribution < 1.29 is 17.6 Å². The molecular formula is C21H18FN3O3S. The number of rotatable bonds is 4. The monoisotopic (exact) mass is 411 g/mol. The highest BCUT2D eigenvalue weighted by Crippen LogP contribution is 2.30. The molecule has 0 fully saturated rings. The molecule has 4 rings (SSSR count). The number of carbonyl (C=O) groups is 1. The molecule has 0 aliphatic carbocycles. The lowest BCUT2D eigenvalue weighted by molar-refractivity contribution is 0.0951. The van der Waals surface area contributed by atoms with Crippen LogP contribution in [-0.2, 0) is 16.6 Å². The molecule has 0 bridgehead atoms. The molecule has 3 N–H and O–H groups in total. The molecule has 8 heteroatoms. The van der Waals surface area contributed by atoms with Gasteiger partial charge in [-0.3, -0.25) is 4.79 Å². The highest BCUT2D eigenvalue weighted by Gasteiger charge is 2.29. The van der Waals surface area contributed by atoms with Crippen LogP contribution in [0.1, 0.15) is 27.7 Å². The Morgan fingerprint density at radius 3 is 2.38 bits per heavy atom. The van der Waals surface area contributed by atoms with E-state index in [4.69, 9.17) is 0 Å². The molecule has 0 saturated carbocycles. The van der Waals surface area contributed by atoms with E-state index in [1.807, 2.05) is 0 Å². The molecule has 1 heterocycles. The van der Waals surface area contributed by atoms with Gasteiger partial charge in [0.15, 0.2) is 0 Å². The van der Waals surface area contributed by atoms with E-state index < -0.39 is 16.2 Å². The molecule has 0 radical (unpaired) electrons. The van der Waals surface area contributed by atoms with E-state index in [0.29, 0.717) is 16.8 Å². The number of benzene rings is 3. The summed E-state index contributed by atoms with van der Waals surface area (Å²) in [5.74, 6) is -0.603. The molecule has 29 heavy (non-hydrogen) atoms. The van der Waals surface area contributed by atoms with Crippen LogP contribution in [0.15, 0.2) is 77.7 Å². The van der Waals surface area contributed by atoms with Crippen LogP contribution in [0.4, 0.5) is 10.1 Å². The van der Waals surface area contributed by atoms with Crippen LogP contribution >= 0.6 is 0 Å². The van der Waals surface area contributed by atoms with E-state index >= 15 is 0 Å². The molecule has 0 saturated heterocycles. The number of hydrogen-bond donors (Lipinski definition) is 3. The van der Waals surface area contributed by atoms with Gasteiger partial charge >= 0.3 is 0 Å². The number of fused-ring (bicyclic) bond motifs is 1. The van der Waals surface area contributed by atoms with Gasteiger partial charge in [-0.15, -0.1) is 0 Å². The maximum atomic E-state index is 12.9. The molecule has 3 aromatic carbocycles. The van der Waals surface area contributed by atoms with Crippen molar-refractivity contribution in [3.05, 3.63) is 95.3 Å². The number of anilines is 1. The summed E-state index contributed by atoms with van der Waals surface area (Å²) >= 11 is 0. The number of para-hydroxylation sites is 1. The summed E-state index contributed by atoms with van der Waals surface area (Å²) in [5.41, 5.74) is 2.43. The second-order valence-electron chi connectivity index (χ2n) is 6.63. The highest BCUT2D eigenvalue weighted by atomic mass is 32.2. The van der Waals surface area contributed by atoms with E-state index in [9.17, 15) is 17.6 Å². The number of carbonyl (C=O) groups excluding carboxylic acids is 1. The fraction of sp³-hybridized carbons (Fsp3) is 0.0952. The van der Waals surface area contributed by atoms with Crippen LogP contribution in [0.5, 0.6) is 0 Å². The summed E-state index contributed by atoms with van der Waals surface area (Å²) in [4.78, 5) is 12.5. The van der Waals surface area contributed by atoms with Crippen molar-refractivity contribution in [2.45, 2.75) is 17.6 Å². The Kier molecular flexibility index (Phi) is 5.04. The van der Waals surface area contributed by atoms with Crippen LogP contribution in [0.3, 0.4) is 0 Å². The first kappa shape index (κ1) is 19.1. The Morgan fingerprint density at radius 2 is 1.66 bits per heavy atom. The summed E-state index contributed by atoms with van der Waals surface area (Å²) in [6.07, 6.45) is -0.633. The van der Waals surface area contributed by atoms with E-state index in [1.165, 1.54) is 18.2 Å². The minimum Gasteiger partial charge on any atom is -0.364 e. The number of hydrogen-bond acceptors (Lipinski definition) is 4. The van der Waals surface area contributed by atoms with E-state index in [1.54, 1.807) is 54.6 Å². The summed E-state index contributed by atoms with van der Waals surface area (Å²) in [7, 11) is -3.63. The summed E-state index contributed by atoms with van der Waals surface area (Å²) in [6.45, 7) is 0.279. The van der Waals surface area contributed by atoms with Crippen LogP contribution in [0.25, 0.3) is 0 Å². The molecule has 3 aromatic rings. The third kappa shape index (κ3) is 4.13. The number of amides is 1. The SMILES string of the molecule is O=C(NCc1ccc(F)cc1)c1ccc(C2Nc3ccccc3S(=O)(=O)N2)cc1. The second-order valence-corrected chi connectivity index (χ2v) is 8.31. The topological polar surface area (TPSA) is 87.3 Å². The van der Waals surface area contributed by atoms with Crippen molar-refractivity contribution in [3.63, 3.8) is 0 Å². The van der Waals surface area contributed by atoms with Gasteiger partial charge in [0.1, 0.15) is 16.9 Å². The molecule has 6 nitrogen and oxygen atoms in total. The number of nitrogens with one attached hydrogen (secondary N) is 3. The third-order valence-electron chi connectivity index (χ3n) is 4.62. The first-order valence-corrected chi connectivity index (χ1v) is 10.4. The lowest BCUT2D eigenvalue weighted by Crippen LogP contribution is -2.38. The zero-order chi connectivity index (χ0) is 20.4. The Morgan fingerprint density at radius 1 is 0.966 bits per heavy atom. The standard InChI is InChI=1S/C21H18FN3O3S/c22-17-11-5-14(6-12-17)13-23-21(26)16-9-7-15(8-10-16)20-24-18-3-1-2-4-19(18)29(27,28)25-20/h1-12,20,24-25H,13H2,(H,23,26). The van der Waals surface area contributed by atoms with Crippen molar-refractivity contribution in [2.24, 2.45) is 0 Å². The second kappa shape index (κ2) is 7.65. The van der Waals surface area contributed by atoms with Gasteiger partial charge in [0, 0.05) is 12.1 Å². The van der Waals surface area contributed by atoms with Gasteiger partial charge in [-0.2, -0.15) is 4.72 Å². The zero-order valence-electron chi connectivity index (χ0n) is 15.2. The molecular weight excluding hydrogens is 393 g/mol. The van der Waals surface area contributed by atoms with E-state index in [0.717, 1.165) is 5.56 Å². The minimum absolute atomic E-state index is 0.202. The van der Waals surface area contributed by atoms with Gasteiger partial charge < -0.3 is 10.6 Å². The average Bonchev–Trinajstić information content (AvgIpc) is 2.73. The van der Waals surface area contributed by atoms with E-state index in [-0.39, 0.29) is 23.2 Å². The Hall–Kier alpha value is -3.23. The highest BCUT2D eigenvalue weighted by molar-refractivity contribution is 7.89. The Balaban J connectivity index is 1.45. The maximum Gasteiger partial charge on any atom is 0.251 e. The third-order valence-corrected chi connectivity index (χ3v) is 6.10. The van der Waals surface area contributed by atoms with Crippen LogP contribution in [0.2, 0.25) is 0 Å². The molecule has 1 atom stereocenters. The fourth-order valence-electron chi connectivity index (χ4n) is 3.09. The molecule has 0 aromatic heterocycles. The number of halogens is 1. The molecule has 1 amide bonds.